The number of fused-ring (bicyclic) bond motifs is 1. The quantitative estimate of drug-likeness (QED) is 0.766. The van der Waals surface area contributed by atoms with Crippen molar-refractivity contribution in [2.24, 2.45) is 0 Å². The highest BCUT2D eigenvalue weighted by Gasteiger charge is 2.29. The van der Waals surface area contributed by atoms with Crippen molar-refractivity contribution >= 4 is 10.0 Å². The molecule has 82 valence electrons. The third-order valence-corrected chi connectivity index (χ3v) is 4.36. The summed E-state index contributed by atoms with van der Waals surface area (Å²) in [6, 6.07) is 8.09. The molecule has 1 aliphatic carbocycles. The summed E-state index contributed by atoms with van der Waals surface area (Å²) >= 11 is 0. The van der Waals surface area contributed by atoms with Gasteiger partial charge in [0.05, 0.1) is 6.26 Å². The van der Waals surface area contributed by atoms with Gasteiger partial charge in [0, 0.05) is 13.1 Å². The molecule has 0 heterocycles. The summed E-state index contributed by atoms with van der Waals surface area (Å²) in [5, 5.41) is 0. The van der Waals surface area contributed by atoms with E-state index < -0.39 is 10.0 Å². The van der Waals surface area contributed by atoms with E-state index in [0.717, 1.165) is 18.4 Å². The third-order valence-electron chi connectivity index (χ3n) is 3.06. The van der Waals surface area contributed by atoms with E-state index in [9.17, 15) is 8.42 Å². The lowest BCUT2D eigenvalue weighted by atomic mass is 10.1. The van der Waals surface area contributed by atoms with Crippen molar-refractivity contribution in [2.75, 3.05) is 13.3 Å². The Labute approximate surface area is 90.8 Å². The third kappa shape index (κ3) is 1.92. The van der Waals surface area contributed by atoms with Gasteiger partial charge in [-0.25, -0.2) is 8.42 Å². The molecule has 0 aromatic heterocycles. The summed E-state index contributed by atoms with van der Waals surface area (Å²) in [6.45, 7) is 0. The van der Waals surface area contributed by atoms with Gasteiger partial charge in [-0.1, -0.05) is 24.3 Å². The van der Waals surface area contributed by atoms with Crippen LogP contribution in [0.3, 0.4) is 0 Å². The lowest BCUT2D eigenvalue weighted by Gasteiger charge is -2.22. The molecule has 15 heavy (non-hydrogen) atoms. The van der Waals surface area contributed by atoms with Gasteiger partial charge in [-0.15, -0.1) is 0 Å². The fourth-order valence-corrected chi connectivity index (χ4v) is 2.82. The number of hydrogen-bond donors (Lipinski definition) is 0. The molecule has 0 aliphatic heterocycles. The fourth-order valence-electron chi connectivity index (χ4n) is 2.14. The second-order valence-corrected chi connectivity index (χ2v) is 6.07. The normalized spacial score (nSPS) is 20.6. The number of hydrogen-bond acceptors (Lipinski definition) is 2. The van der Waals surface area contributed by atoms with Crippen molar-refractivity contribution in [3.05, 3.63) is 35.4 Å². The van der Waals surface area contributed by atoms with Crippen LogP contribution in [0.15, 0.2) is 24.3 Å². The Hall–Kier alpha value is -0.870. The molecule has 2 rings (SSSR count). The summed E-state index contributed by atoms with van der Waals surface area (Å²) in [7, 11) is -1.44. The SMILES string of the molecule is CN(C1CCc2ccccc21)S(C)(=O)=O. The van der Waals surface area contributed by atoms with E-state index in [4.69, 9.17) is 0 Å². The Morgan fingerprint density at radius 1 is 1.33 bits per heavy atom. The molecule has 3 nitrogen and oxygen atoms in total. The zero-order valence-corrected chi connectivity index (χ0v) is 9.79. The molecule has 1 aromatic rings. The molecular weight excluding hydrogens is 210 g/mol. The van der Waals surface area contributed by atoms with Crippen LogP contribution in [0.4, 0.5) is 0 Å². The van der Waals surface area contributed by atoms with Crippen LogP contribution in [0.1, 0.15) is 23.6 Å². The molecule has 1 aromatic carbocycles. The summed E-state index contributed by atoms with van der Waals surface area (Å²) in [5.41, 5.74) is 2.43. The van der Waals surface area contributed by atoms with E-state index >= 15 is 0 Å². The smallest absolute Gasteiger partial charge is 0.211 e. The van der Waals surface area contributed by atoms with E-state index in [1.807, 2.05) is 18.2 Å². The van der Waals surface area contributed by atoms with E-state index in [0.29, 0.717) is 0 Å². The molecule has 0 spiro atoms. The number of benzene rings is 1. The van der Waals surface area contributed by atoms with Crippen LogP contribution in [0.5, 0.6) is 0 Å². The van der Waals surface area contributed by atoms with Crippen LogP contribution >= 0.6 is 0 Å². The summed E-state index contributed by atoms with van der Waals surface area (Å²) < 4.78 is 24.4. The van der Waals surface area contributed by atoms with Crippen LogP contribution in [0.25, 0.3) is 0 Å². The first-order valence-electron chi connectivity index (χ1n) is 5.01. The van der Waals surface area contributed by atoms with Gasteiger partial charge in [0.25, 0.3) is 0 Å². The van der Waals surface area contributed by atoms with Gasteiger partial charge in [-0.05, 0) is 24.0 Å². The van der Waals surface area contributed by atoms with Gasteiger partial charge < -0.3 is 0 Å². The molecule has 4 heteroatoms. The predicted molar refractivity (Wildman–Crippen MR) is 60.1 cm³/mol. The minimum absolute atomic E-state index is 0.0243. The Morgan fingerprint density at radius 2 is 2.00 bits per heavy atom. The number of sulfonamides is 1. The lowest BCUT2D eigenvalue weighted by Crippen LogP contribution is -2.28. The van der Waals surface area contributed by atoms with Gasteiger partial charge in [0.2, 0.25) is 10.0 Å². The molecule has 0 saturated carbocycles. The highest BCUT2D eigenvalue weighted by Crippen LogP contribution is 2.35. The first kappa shape index (κ1) is 10.6. The molecule has 0 saturated heterocycles. The molecule has 0 radical (unpaired) electrons. The van der Waals surface area contributed by atoms with Crippen molar-refractivity contribution in [1.29, 1.82) is 0 Å². The maximum absolute atomic E-state index is 11.5. The molecule has 1 atom stereocenters. The summed E-state index contributed by atoms with van der Waals surface area (Å²) in [5.74, 6) is 0. The highest BCUT2D eigenvalue weighted by molar-refractivity contribution is 7.88. The standard InChI is InChI=1S/C11H15NO2S/c1-12(15(2,13)14)11-8-7-9-5-3-4-6-10(9)11/h3-6,11H,7-8H2,1-2H3. The summed E-state index contributed by atoms with van der Waals surface area (Å²) in [6.07, 6.45) is 3.12. The van der Waals surface area contributed by atoms with Crippen LogP contribution in [-0.2, 0) is 16.4 Å². The Balaban J connectivity index is 2.36. The lowest BCUT2D eigenvalue weighted by molar-refractivity contribution is 0.377. The van der Waals surface area contributed by atoms with Crippen LogP contribution in [0, 0.1) is 0 Å². The van der Waals surface area contributed by atoms with Gasteiger partial charge in [-0.2, -0.15) is 4.31 Å². The molecular formula is C11H15NO2S. The first-order valence-corrected chi connectivity index (χ1v) is 6.86. The second kappa shape index (κ2) is 3.61. The zero-order valence-electron chi connectivity index (χ0n) is 8.97. The first-order chi connectivity index (χ1) is 7.00. The molecule has 0 bridgehead atoms. The van der Waals surface area contributed by atoms with Crippen LogP contribution < -0.4 is 0 Å². The van der Waals surface area contributed by atoms with E-state index in [1.54, 1.807) is 7.05 Å². The van der Waals surface area contributed by atoms with Crippen LogP contribution in [0.2, 0.25) is 0 Å². The molecule has 0 N–H and O–H groups in total. The molecule has 0 fully saturated rings. The zero-order chi connectivity index (χ0) is 11.1. The number of aryl methyl sites for hydroxylation is 1. The topological polar surface area (TPSA) is 37.4 Å². The Morgan fingerprint density at radius 3 is 2.67 bits per heavy atom. The minimum atomic E-state index is -3.10. The Bertz CT molecular complexity index is 467. The summed E-state index contributed by atoms with van der Waals surface area (Å²) in [4.78, 5) is 0. The molecule has 1 aliphatic rings. The van der Waals surface area contributed by atoms with Crippen molar-refractivity contribution in [3.63, 3.8) is 0 Å². The fraction of sp³-hybridized carbons (Fsp3) is 0.455. The van der Waals surface area contributed by atoms with Crippen molar-refractivity contribution in [1.82, 2.24) is 4.31 Å². The molecule has 0 amide bonds. The van der Waals surface area contributed by atoms with Crippen molar-refractivity contribution < 1.29 is 8.42 Å². The van der Waals surface area contributed by atoms with E-state index in [2.05, 4.69) is 6.07 Å². The number of rotatable bonds is 2. The second-order valence-electron chi connectivity index (χ2n) is 4.03. The Kier molecular flexibility index (Phi) is 2.56. The predicted octanol–water partition coefficient (Wildman–Crippen LogP) is 1.57. The van der Waals surface area contributed by atoms with Crippen LogP contribution in [-0.4, -0.2) is 26.0 Å². The minimum Gasteiger partial charge on any atom is -0.212 e. The van der Waals surface area contributed by atoms with Crippen molar-refractivity contribution in [3.8, 4) is 0 Å². The largest absolute Gasteiger partial charge is 0.212 e. The van der Waals surface area contributed by atoms with E-state index in [1.165, 1.54) is 16.1 Å². The van der Waals surface area contributed by atoms with Gasteiger partial charge >= 0.3 is 0 Å². The monoisotopic (exact) mass is 225 g/mol. The average Bonchev–Trinajstić information content (AvgIpc) is 2.58. The van der Waals surface area contributed by atoms with Gasteiger partial charge in [0.1, 0.15) is 0 Å². The number of nitrogens with zero attached hydrogens (tertiary/aromatic N) is 1. The van der Waals surface area contributed by atoms with Crippen molar-refractivity contribution in [2.45, 2.75) is 18.9 Å². The van der Waals surface area contributed by atoms with Gasteiger partial charge in [0.15, 0.2) is 0 Å². The van der Waals surface area contributed by atoms with E-state index in [-0.39, 0.29) is 6.04 Å². The molecule has 1 unspecified atom stereocenters. The highest BCUT2D eigenvalue weighted by atomic mass is 32.2. The maximum atomic E-state index is 11.5. The average molecular weight is 225 g/mol. The maximum Gasteiger partial charge on any atom is 0.211 e. The van der Waals surface area contributed by atoms with Gasteiger partial charge in [-0.3, -0.25) is 0 Å².